The van der Waals surface area contributed by atoms with Crippen molar-refractivity contribution < 1.29 is 23.9 Å². The maximum absolute atomic E-state index is 13.3. The summed E-state index contributed by atoms with van der Waals surface area (Å²) in [6, 6.07) is 13.0. The third-order valence-electron chi connectivity index (χ3n) is 6.70. The van der Waals surface area contributed by atoms with Crippen molar-refractivity contribution in [1.29, 1.82) is 0 Å². The number of carbonyl (C=O) groups excluding carboxylic acids is 2. The van der Waals surface area contributed by atoms with Gasteiger partial charge in [-0.05, 0) is 61.1 Å². The SMILES string of the molecule is CCCN(CCCF)C(=O)C1=Cc2ccc(-c3ccc(C(=O)N4CCCC4)cc3)cc2N=C(NC(=O)O)C1. The highest BCUT2D eigenvalue weighted by molar-refractivity contribution is 6.08. The Balaban J connectivity index is 1.64. The number of amidine groups is 1. The summed E-state index contributed by atoms with van der Waals surface area (Å²) in [6.45, 7) is 3.79. The van der Waals surface area contributed by atoms with Crippen molar-refractivity contribution in [1.82, 2.24) is 15.1 Å². The van der Waals surface area contributed by atoms with Crippen molar-refractivity contribution in [3.63, 3.8) is 0 Å². The number of amides is 3. The number of nitrogens with zero attached hydrogens (tertiary/aromatic N) is 3. The lowest BCUT2D eigenvalue weighted by Crippen LogP contribution is -2.36. The minimum atomic E-state index is -1.27. The van der Waals surface area contributed by atoms with Gasteiger partial charge in [-0.1, -0.05) is 31.2 Å². The fraction of sp³-hybridized carbons (Fsp3) is 0.379. The first-order valence-corrected chi connectivity index (χ1v) is 13.1. The van der Waals surface area contributed by atoms with E-state index in [0.717, 1.165) is 43.5 Å². The minimum absolute atomic E-state index is 0.0122. The van der Waals surface area contributed by atoms with E-state index in [1.54, 1.807) is 11.0 Å². The van der Waals surface area contributed by atoms with Crippen molar-refractivity contribution in [3.05, 3.63) is 59.2 Å². The molecule has 38 heavy (non-hydrogen) atoms. The van der Waals surface area contributed by atoms with Crippen LogP contribution in [0.3, 0.4) is 0 Å². The van der Waals surface area contributed by atoms with E-state index in [1.807, 2.05) is 54.3 Å². The molecule has 2 aromatic carbocycles. The largest absolute Gasteiger partial charge is 0.465 e. The van der Waals surface area contributed by atoms with Gasteiger partial charge in [0, 0.05) is 49.3 Å². The van der Waals surface area contributed by atoms with Gasteiger partial charge in [0.05, 0.1) is 12.4 Å². The molecule has 2 heterocycles. The lowest BCUT2D eigenvalue weighted by Gasteiger charge is -2.23. The number of hydrogen-bond acceptors (Lipinski definition) is 4. The molecule has 200 valence electrons. The Labute approximate surface area is 221 Å². The molecule has 2 N–H and O–H groups in total. The zero-order valence-electron chi connectivity index (χ0n) is 21.6. The van der Waals surface area contributed by atoms with E-state index < -0.39 is 12.8 Å². The van der Waals surface area contributed by atoms with Gasteiger partial charge in [-0.3, -0.25) is 19.3 Å². The maximum Gasteiger partial charge on any atom is 0.410 e. The molecule has 0 unspecified atom stereocenters. The highest BCUT2D eigenvalue weighted by Crippen LogP contribution is 2.32. The molecule has 2 aliphatic rings. The lowest BCUT2D eigenvalue weighted by atomic mass is 9.99. The van der Waals surface area contributed by atoms with Crippen molar-refractivity contribution in [2.24, 2.45) is 4.99 Å². The second-order valence-electron chi connectivity index (χ2n) is 9.52. The number of fused-ring (bicyclic) bond motifs is 1. The van der Waals surface area contributed by atoms with Gasteiger partial charge < -0.3 is 14.9 Å². The molecular formula is C29H33FN4O4. The molecule has 0 atom stereocenters. The zero-order chi connectivity index (χ0) is 27.1. The van der Waals surface area contributed by atoms with Gasteiger partial charge >= 0.3 is 6.09 Å². The van der Waals surface area contributed by atoms with Gasteiger partial charge in [0.1, 0.15) is 5.84 Å². The summed E-state index contributed by atoms with van der Waals surface area (Å²) in [5.74, 6) is -0.0761. The van der Waals surface area contributed by atoms with Gasteiger partial charge in [0.15, 0.2) is 0 Å². The Hall–Kier alpha value is -4.01. The third-order valence-corrected chi connectivity index (χ3v) is 6.70. The Morgan fingerprint density at radius 3 is 2.42 bits per heavy atom. The number of rotatable bonds is 8. The lowest BCUT2D eigenvalue weighted by molar-refractivity contribution is -0.127. The molecule has 9 heteroatoms. The number of carbonyl (C=O) groups is 3. The average Bonchev–Trinajstić information content (AvgIpc) is 3.39. The van der Waals surface area contributed by atoms with E-state index in [0.29, 0.717) is 35.5 Å². The van der Waals surface area contributed by atoms with Crippen LogP contribution in [0.1, 0.15) is 54.9 Å². The minimum Gasteiger partial charge on any atom is -0.465 e. The van der Waals surface area contributed by atoms with E-state index in [2.05, 4.69) is 10.3 Å². The normalized spacial score (nSPS) is 14.7. The molecule has 1 fully saturated rings. The summed E-state index contributed by atoms with van der Waals surface area (Å²) < 4.78 is 12.8. The Morgan fingerprint density at radius 2 is 1.76 bits per heavy atom. The molecule has 0 aromatic heterocycles. The summed E-state index contributed by atoms with van der Waals surface area (Å²) in [7, 11) is 0. The van der Waals surface area contributed by atoms with E-state index in [1.165, 1.54) is 0 Å². The molecule has 0 radical (unpaired) electrons. The van der Waals surface area contributed by atoms with Gasteiger partial charge in [0.25, 0.3) is 5.91 Å². The number of aliphatic imine (C=N–C) groups is 1. The van der Waals surface area contributed by atoms with Crippen LogP contribution >= 0.6 is 0 Å². The fourth-order valence-corrected chi connectivity index (χ4v) is 4.83. The number of hydrogen-bond donors (Lipinski definition) is 2. The molecule has 2 aromatic rings. The number of nitrogens with one attached hydrogen (secondary N) is 1. The van der Waals surface area contributed by atoms with Crippen LogP contribution in [-0.4, -0.2) is 71.5 Å². The van der Waals surface area contributed by atoms with Crippen molar-refractivity contribution in [2.75, 3.05) is 32.9 Å². The highest BCUT2D eigenvalue weighted by Gasteiger charge is 2.23. The smallest absolute Gasteiger partial charge is 0.410 e. The van der Waals surface area contributed by atoms with E-state index in [4.69, 9.17) is 0 Å². The Bertz CT molecular complexity index is 1250. The number of likely N-dealkylation sites (tertiary alicyclic amines) is 1. The van der Waals surface area contributed by atoms with Crippen molar-refractivity contribution >= 4 is 35.5 Å². The van der Waals surface area contributed by atoms with Gasteiger partial charge in [0.2, 0.25) is 5.91 Å². The van der Waals surface area contributed by atoms with E-state index in [-0.39, 0.29) is 30.5 Å². The number of carboxylic acid groups (broad SMARTS) is 1. The molecule has 1 saturated heterocycles. The van der Waals surface area contributed by atoms with Crippen LogP contribution in [0.25, 0.3) is 17.2 Å². The summed E-state index contributed by atoms with van der Waals surface area (Å²) in [5.41, 5.74) is 3.98. The molecule has 0 bridgehead atoms. The van der Waals surface area contributed by atoms with Gasteiger partial charge in [-0.25, -0.2) is 9.79 Å². The Kier molecular flexibility index (Phi) is 8.89. The van der Waals surface area contributed by atoms with E-state index in [9.17, 15) is 23.9 Å². The Morgan fingerprint density at radius 1 is 1.05 bits per heavy atom. The van der Waals surface area contributed by atoms with Crippen LogP contribution in [0, 0.1) is 0 Å². The molecule has 0 saturated carbocycles. The predicted molar refractivity (Wildman–Crippen MR) is 145 cm³/mol. The summed E-state index contributed by atoms with van der Waals surface area (Å²) in [5, 5.41) is 11.7. The van der Waals surface area contributed by atoms with Crippen LogP contribution in [-0.2, 0) is 4.79 Å². The molecule has 0 aliphatic carbocycles. The third kappa shape index (κ3) is 6.45. The zero-order valence-corrected chi connectivity index (χ0v) is 21.6. The number of halogens is 1. The van der Waals surface area contributed by atoms with Crippen LogP contribution in [0.4, 0.5) is 14.9 Å². The van der Waals surface area contributed by atoms with E-state index >= 15 is 0 Å². The summed E-state index contributed by atoms with van der Waals surface area (Å²) >= 11 is 0. The topological polar surface area (TPSA) is 102 Å². The molecule has 3 amide bonds. The summed E-state index contributed by atoms with van der Waals surface area (Å²) in [4.78, 5) is 45.5. The first-order valence-electron chi connectivity index (χ1n) is 13.1. The fourth-order valence-electron chi connectivity index (χ4n) is 4.83. The predicted octanol–water partition coefficient (Wildman–Crippen LogP) is 5.27. The van der Waals surface area contributed by atoms with Crippen LogP contribution < -0.4 is 5.32 Å². The van der Waals surface area contributed by atoms with Crippen LogP contribution in [0.15, 0.2) is 53.0 Å². The monoisotopic (exact) mass is 520 g/mol. The van der Waals surface area contributed by atoms with Gasteiger partial charge in [-0.15, -0.1) is 0 Å². The first-order chi connectivity index (χ1) is 18.4. The van der Waals surface area contributed by atoms with Crippen LogP contribution in [0.5, 0.6) is 0 Å². The first kappa shape index (κ1) is 27.0. The van der Waals surface area contributed by atoms with Crippen LogP contribution in [0.2, 0.25) is 0 Å². The van der Waals surface area contributed by atoms with Crippen molar-refractivity contribution in [2.45, 2.75) is 39.0 Å². The second kappa shape index (κ2) is 12.5. The molecule has 4 rings (SSSR count). The summed E-state index contributed by atoms with van der Waals surface area (Å²) in [6.07, 6.45) is 3.52. The maximum atomic E-state index is 13.3. The molecule has 8 nitrogen and oxygen atoms in total. The molecule has 2 aliphatic heterocycles. The number of alkyl halides is 1. The standard InChI is InChI=1S/C29H33FN4O4/c1-2-13-33(16-5-12-30)28(36)24-17-23-11-10-22(18-25(23)31-26(19-24)32-29(37)38)20-6-8-21(9-7-20)27(35)34-14-3-4-15-34/h6-11,17-18H,2-5,12-16,19H2,1H3,(H,31,32)(H,37,38). The highest BCUT2D eigenvalue weighted by atomic mass is 19.1. The second-order valence-corrected chi connectivity index (χ2v) is 9.52. The van der Waals surface area contributed by atoms with Crippen molar-refractivity contribution in [3.8, 4) is 11.1 Å². The molecule has 0 spiro atoms. The van der Waals surface area contributed by atoms with Gasteiger partial charge in [-0.2, -0.15) is 0 Å². The average molecular weight is 521 g/mol. The number of benzene rings is 2. The quantitative estimate of drug-likeness (QED) is 0.495. The molecular weight excluding hydrogens is 487 g/mol.